The number of benzene rings is 1. The van der Waals surface area contributed by atoms with Crippen LogP contribution < -0.4 is 4.90 Å². The summed E-state index contributed by atoms with van der Waals surface area (Å²) in [4.78, 5) is 5.04. The van der Waals surface area contributed by atoms with Gasteiger partial charge in [0.05, 0.1) is 0 Å². The molecule has 0 aliphatic heterocycles. The SMILES string of the molecule is CN(C)c1ccc([N+]#N)cc1.O=S(=O)([O-])C(F)(F)F. The second kappa shape index (κ2) is 6.35. The zero-order valence-corrected chi connectivity index (χ0v) is 10.7. The molecule has 0 aromatic heterocycles. The summed E-state index contributed by atoms with van der Waals surface area (Å²) in [5.41, 5.74) is -3.97. The van der Waals surface area contributed by atoms with Crippen LogP contribution in [0.15, 0.2) is 24.3 Å². The normalized spacial score (nSPS) is 11.0. The molecule has 0 amide bonds. The van der Waals surface area contributed by atoms with Gasteiger partial charge in [0.25, 0.3) is 0 Å². The minimum Gasteiger partial charge on any atom is -0.741 e. The summed E-state index contributed by atoms with van der Waals surface area (Å²) in [6, 6.07) is 7.31. The van der Waals surface area contributed by atoms with Crippen molar-refractivity contribution in [3.63, 3.8) is 0 Å². The van der Waals surface area contributed by atoms with Gasteiger partial charge in [-0.1, -0.05) is 0 Å². The molecule has 0 aliphatic carbocycles. The minimum absolute atomic E-state index is 0.579. The molecule has 0 fully saturated rings. The van der Waals surface area contributed by atoms with E-state index in [9.17, 15) is 13.2 Å². The Morgan fingerprint density at radius 3 is 1.79 bits per heavy atom. The van der Waals surface area contributed by atoms with Crippen LogP contribution >= 0.6 is 0 Å². The van der Waals surface area contributed by atoms with Gasteiger partial charge in [-0.2, -0.15) is 13.2 Å². The Kier molecular flexibility index (Phi) is 5.73. The van der Waals surface area contributed by atoms with Gasteiger partial charge in [-0.3, -0.25) is 0 Å². The van der Waals surface area contributed by atoms with Crippen LogP contribution in [-0.2, 0) is 10.1 Å². The molecule has 1 rings (SSSR count). The molecule has 1 aromatic carbocycles. The van der Waals surface area contributed by atoms with Crippen molar-refractivity contribution < 1.29 is 26.1 Å². The lowest BCUT2D eigenvalue weighted by Crippen LogP contribution is -2.21. The molecule has 0 spiro atoms. The average Bonchev–Trinajstić information content (AvgIpc) is 2.27. The predicted molar refractivity (Wildman–Crippen MR) is 61.3 cm³/mol. The lowest BCUT2D eigenvalue weighted by molar-refractivity contribution is -0.0517. The molecular formula is C9H10F3N3O3S. The van der Waals surface area contributed by atoms with Gasteiger partial charge >= 0.3 is 11.2 Å². The fraction of sp³-hybridized carbons (Fsp3) is 0.333. The Labute approximate surface area is 107 Å². The molecule has 0 saturated heterocycles. The molecule has 0 unspecified atom stereocenters. The summed E-state index contributed by atoms with van der Waals surface area (Å²) in [6.07, 6.45) is 0. The van der Waals surface area contributed by atoms with E-state index in [2.05, 4.69) is 4.98 Å². The highest BCUT2D eigenvalue weighted by molar-refractivity contribution is 7.86. The first-order valence-electron chi connectivity index (χ1n) is 4.63. The second-order valence-corrected chi connectivity index (χ2v) is 4.78. The largest absolute Gasteiger partial charge is 0.741 e. The van der Waals surface area contributed by atoms with Crippen LogP contribution in [0.1, 0.15) is 0 Å². The van der Waals surface area contributed by atoms with E-state index in [0.29, 0.717) is 5.69 Å². The van der Waals surface area contributed by atoms with Gasteiger partial charge in [-0.05, 0) is 12.1 Å². The molecule has 6 nitrogen and oxygen atoms in total. The van der Waals surface area contributed by atoms with Gasteiger partial charge in [-0.15, -0.1) is 0 Å². The van der Waals surface area contributed by atoms with Crippen LogP contribution in [0.25, 0.3) is 4.98 Å². The molecule has 1 aromatic rings. The topological polar surface area (TPSA) is 88.6 Å². The molecule has 0 bridgehead atoms. The Bertz CT molecular complexity index is 547. The number of hydrogen-bond acceptors (Lipinski definition) is 5. The average molecular weight is 297 g/mol. The highest BCUT2D eigenvalue weighted by Crippen LogP contribution is 2.20. The third-order valence-electron chi connectivity index (χ3n) is 1.77. The number of halogens is 3. The fourth-order valence-corrected chi connectivity index (χ4v) is 0.817. The maximum Gasteiger partial charge on any atom is 0.485 e. The van der Waals surface area contributed by atoms with Crippen molar-refractivity contribution in [3.05, 3.63) is 29.2 Å². The summed E-state index contributed by atoms with van der Waals surface area (Å²) in [5.74, 6) is 0. The van der Waals surface area contributed by atoms with Crippen molar-refractivity contribution in [2.75, 3.05) is 19.0 Å². The van der Waals surface area contributed by atoms with Crippen LogP contribution in [0.4, 0.5) is 24.5 Å². The van der Waals surface area contributed by atoms with Gasteiger partial charge < -0.3 is 9.45 Å². The van der Waals surface area contributed by atoms with Crippen LogP contribution in [0.5, 0.6) is 0 Å². The van der Waals surface area contributed by atoms with Gasteiger partial charge in [0.15, 0.2) is 15.1 Å². The van der Waals surface area contributed by atoms with Crippen molar-refractivity contribution in [1.82, 2.24) is 0 Å². The zero-order valence-electron chi connectivity index (χ0n) is 9.92. The summed E-state index contributed by atoms with van der Waals surface area (Å²) in [5, 5.41) is 8.38. The highest BCUT2D eigenvalue weighted by atomic mass is 32.2. The molecule has 10 heteroatoms. The van der Waals surface area contributed by atoms with E-state index >= 15 is 0 Å². The first-order valence-corrected chi connectivity index (χ1v) is 6.04. The summed E-state index contributed by atoms with van der Waals surface area (Å²) in [7, 11) is -2.16. The van der Waals surface area contributed by atoms with Crippen LogP contribution in [0.3, 0.4) is 0 Å². The molecule has 19 heavy (non-hydrogen) atoms. The molecule has 0 aliphatic rings. The predicted octanol–water partition coefficient (Wildman–Crippen LogP) is 2.29. The van der Waals surface area contributed by atoms with E-state index in [0.717, 1.165) is 5.69 Å². The molecule has 106 valence electrons. The molecule has 0 heterocycles. The van der Waals surface area contributed by atoms with Crippen LogP contribution in [0, 0.1) is 5.39 Å². The quantitative estimate of drug-likeness (QED) is 0.451. The lowest BCUT2D eigenvalue weighted by atomic mass is 10.3. The van der Waals surface area contributed by atoms with Gasteiger partial charge in [0.2, 0.25) is 5.39 Å². The van der Waals surface area contributed by atoms with E-state index in [1.165, 1.54) is 0 Å². The fourth-order valence-electron chi connectivity index (χ4n) is 0.817. The lowest BCUT2D eigenvalue weighted by Gasteiger charge is -2.09. The van der Waals surface area contributed by atoms with E-state index in [4.69, 9.17) is 18.4 Å². The molecule has 0 N–H and O–H groups in total. The number of hydrogen-bond donors (Lipinski definition) is 0. The van der Waals surface area contributed by atoms with Crippen molar-refractivity contribution in [1.29, 1.82) is 5.39 Å². The molecule has 0 atom stereocenters. The van der Waals surface area contributed by atoms with E-state index in [1.54, 1.807) is 12.1 Å². The second-order valence-electron chi connectivity index (χ2n) is 3.41. The zero-order chi connectivity index (χ0) is 15.3. The van der Waals surface area contributed by atoms with E-state index in [-0.39, 0.29) is 0 Å². The Hall–Kier alpha value is -1.86. The smallest absolute Gasteiger partial charge is 0.485 e. The maximum atomic E-state index is 10.7. The number of nitrogens with zero attached hydrogens (tertiary/aromatic N) is 3. The van der Waals surface area contributed by atoms with Crippen molar-refractivity contribution in [2.45, 2.75) is 5.51 Å². The van der Waals surface area contributed by atoms with Crippen molar-refractivity contribution in [3.8, 4) is 0 Å². The van der Waals surface area contributed by atoms with Crippen LogP contribution in [0.2, 0.25) is 0 Å². The van der Waals surface area contributed by atoms with E-state index in [1.807, 2.05) is 31.1 Å². The van der Waals surface area contributed by atoms with Crippen LogP contribution in [-0.4, -0.2) is 32.6 Å². The third-order valence-corrected chi connectivity index (χ3v) is 2.33. The Balaban J connectivity index is 0.000000362. The van der Waals surface area contributed by atoms with Gasteiger partial charge in [-0.25, -0.2) is 8.42 Å². The van der Waals surface area contributed by atoms with E-state index < -0.39 is 15.6 Å². The summed E-state index contributed by atoms with van der Waals surface area (Å²) in [6.45, 7) is 0. The summed E-state index contributed by atoms with van der Waals surface area (Å²) < 4.78 is 58.9. The monoisotopic (exact) mass is 297 g/mol. The third kappa shape index (κ3) is 6.03. The van der Waals surface area contributed by atoms with Crippen molar-refractivity contribution >= 4 is 21.5 Å². The number of diazo groups is 1. The molecule has 0 saturated carbocycles. The molecular weight excluding hydrogens is 287 g/mol. The number of alkyl halides is 3. The summed E-state index contributed by atoms with van der Waals surface area (Å²) >= 11 is 0. The van der Waals surface area contributed by atoms with Gasteiger partial charge in [0.1, 0.15) is 0 Å². The molecule has 0 radical (unpaired) electrons. The maximum absolute atomic E-state index is 10.7. The standard InChI is InChI=1S/C8H10N3.CHF3O3S/c1-11(2)8-5-3-7(10-9)4-6-8;2-1(3,4)8(5,6)7/h3-6H,1-2H3;(H,5,6,7)/q+1;/p-1. The first kappa shape index (κ1) is 17.1. The van der Waals surface area contributed by atoms with Gasteiger partial charge in [0, 0.05) is 31.9 Å². The number of rotatable bonds is 1. The Morgan fingerprint density at radius 1 is 1.21 bits per heavy atom. The van der Waals surface area contributed by atoms with Crippen molar-refractivity contribution in [2.24, 2.45) is 0 Å². The highest BCUT2D eigenvalue weighted by Gasteiger charge is 2.36. The minimum atomic E-state index is -6.09. The Morgan fingerprint density at radius 2 is 1.58 bits per heavy atom. The number of anilines is 1. The first-order chi connectivity index (χ1) is 8.49.